The van der Waals surface area contributed by atoms with Crippen molar-refractivity contribution in [1.82, 2.24) is 9.88 Å². The summed E-state index contributed by atoms with van der Waals surface area (Å²) in [5.74, 6) is 0. The van der Waals surface area contributed by atoms with Crippen LogP contribution in [0.15, 0.2) is 18.3 Å². The fourth-order valence-corrected chi connectivity index (χ4v) is 2.69. The molecule has 1 aliphatic rings. The molecule has 1 saturated carbocycles. The Morgan fingerprint density at radius 2 is 2.12 bits per heavy atom. The second-order valence-corrected chi connectivity index (χ2v) is 4.88. The lowest BCUT2D eigenvalue weighted by atomic mass is 9.95. The van der Waals surface area contributed by atoms with E-state index in [0.29, 0.717) is 0 Å². The third-order valence-electron chi connectivity index (χ3n) is 3.57. The topological polar surface area (TPSA) is 17.0 Å². The highest BCUT2D eigenvalue weighted by Gasteiger charge is 2.16. The van der Waals surface area contributed by atoms with Crippen molar-refractivity contribution in [3.63, 3.8) is 0 Å². The van der Waals surface area contributed by atoms with E-state index in [-0.39, 0.29) is 0 Å². The number of aromatic nitrogens is 1. The summed E-state index contributed by atoms with van der Waals surface area (Å²) in [6.07, 6.45) is 10.5. The number of hydrogen-bond donors (Lipinski definition) is 1. The van der Waals surface area contributed by atoms with Crippen molar-refractivity contribution in [2.75, 3.05) is 6.54 Å². The Balaban J connectivity index is 1.94. The van der Waals surface area contributed by atoms with Gasteiger partial charge in [-0.3, -0.25) is 0 Å². The van der Waals surface area contributed by atoms with E-state index in [9.17, 15) is 0 Å². The summed E-state index contributed by atoms with van der Waals surface area (Å²) in [6.45, 7) is 4.36. The van der Waals surface area contributed by atoms with Gasteiger partial charge in [0, 0.05) is 24.5 Å². The minimum atomic E-state index is 0.766. The van der Waals surface area contributed by atoms with Crippen LogP contribution in [0.5, 0.6) is 0 Å². The predicted octanol–water partition coefficient (Wildman–Crippen LogP) is 3.49. The lowest BCUT2D eigenvalue weighted by Gasteiger charge is -2.25. The van der Waals surface area contributed by atoms with E-state index >= 15 is 0 Å². The first-order chi connectivity index (χ1) is 7.92. The number of nitrogens with one attached hydrogen (secondary N) is 1. The average Bonchev–Trinajstić information content (AvgIpc) is 2.79. The molecule has 1 heterocycles. The molecule has 0 atom stereocenters. The molecule has 1 aromatic rings. The van der Waals surface area contributed by atoms with Crippen molar-refractivity contribution < 1.29 is 0 Å². The van der Waals surface area contributed by atoms with Gasteiger partial charge in [0.1, 0.15) is 0 Å². The third-order valence-corrected chi connectivity index (χ3v) is 3.57. The maximum absolute atomic E-state index is 3.50. The molecule has 0 unspecified atom stereocenters. The van der Waals surface area contributed by atoms with E-state index in [4.69, 9.17) is 0 Å². The predicted molar refractivity (Wildman–Crippen MR) is 68.6 cm³/mol. The molecule has 1 fully saturated rings. The molecule has 16 heavy (non-hydrogen) atoms. The fraction of sp³-hybridized carbons (Fsp3) is 0.714. The molecular weight excluding hydrogens is 196 g/mol. The second kappa shape index (κ2) is 6.09. The van der Waals surface area contributed by atoms with E-state index in [1.807, 2.05) is 0 Å². The molecule has 0 aliphatic heterocycles. The van der Waals surface area contributed by atoms with Crippen molar-refractivity contribution in [3.8, 4) is 0 Å². The summed E-state index contributed by atoms with van der Waals surface area (Å²) >= 11 is 0. The van der Waals surface area contributed by atoms with E-state index in [2.05, 4.69) is 35.1 Å². The molecule has 1 aromatic heterocycles. The Bertz CT molecular complexity index is 297. The normalized spacial score (nSPS) is 17.8. The van der Waals surface area contributed by atoms with E-state index < -0.39 is 0 Å². The van der Waals surface area contributed by atoms with Crippen LogP contribution in [0, 0.1) is 0 Å². The van der Waals surface area contributed by atoms with Crippen molar-refractivity contribution in [2.24, 2.45) is 0 Å². The molecule has 0 amide bonds. The summed E-state index contributed by atoms with van der Waals surface area (Å²) in [7, 11) is 0. The maximum atomic E-state index is 3.50. The van der Waals surface area contributed by atoms with Crippen molar-refractivity contribution in [3.05, 3.63) is 24.0 Å². The first-order valence-electron chi connectivity index (χ1n) is 6.78. The molecule has 0 aromatic carbocycles. The van der Waals surface area contributed by atoms with Crippen molar-refractivity contribution in [1.29, 1.82) is 0 Å². The molecule has 90 valence electrons. The van der Waals surface area contributed by atoms with Gasteiger partial charge in [-0.25, -0.2) is 0 Å². The number of rotatable bonds is 5. The van der Waals surface area contributed by atoms with Gasteiger partial charge in [-0.15, -0.1) is 0 Å². The first kappa shape index (κ1) is 11.7. The zero-order valence-corrected chi connectivity index (χ0v) is 10.4. The highest BCUT2D eigenvalue weighted by molar-refractivity contribution is 5.08. The van der Waals surface area contributed by atoms with Crippen molar-refractivity contribution >= 4 is 0 Å². The minimum absolute atomic E-state index is 0.766. The van der Waals surface area contributed by atoms with Gasteiger partial charge in [-0.05, 0) is 37.9 Å². The molecule has 2 nitrogen and oxygen atoms in total. The smallest absolute Gasteiger partial charge is 0.0359 e. The Morgan fingerprint density at radius 3 is 2.88 bits per heavy atom. The van der Waals surface area contributed by atoms with Crippen LogP contribution in [0.3, 0.4) is 0 Å². The Labute approximate surface area is 99.0 Å². The molecule has 0 bridgehead atoms. The molecule has 2 heteroatoms. The molecule has 0 spiro atoms. The van der Waals surface area contributed by atoms with Gasteiger partial charge < -0.3 is 9.88 Å². The molecule has 1 aliphatic carbocycles. The summed E-state index contributed by atoms with van der Waals surface area (Å²) in [6, 6.07) is 5.22. The molecule has 2 rings (SSSR count). The second-order valence-electron chi connectivity index (χ2n) is 4.88. The summed E-state index contributed by atoms with van der Waals surface area (Å²) in [4.78, 5) is 0. The zero-order valence-electron chi connectivity index (χ0n) is 10.4. The van der Waals surface area contributed by atoms with Gasteiger partial charge in [0.15, 0.2) is 0 Å². The average molecular weight is 220 g/mol. The van der Waals surface area contributed by atoms with Crippen LogP contribution in [-0.4, -0.2) is 11.1 Å². The Morgan fingerprint density at radius 1 is 1.31 bits per heavy atom. The molecular formula is C14H24N2. The lowest BCUT2D eigenvalue weighted by molar-refractivity contribution is 0.345. The number of hydrogen-bond acceptors (Lipinski definition) is 1. The molecule has 0 radical (unpaired) electrons. The van der Waals surface area contributed by atoms with Gasteiger partial charge in [0.05, 0.1) is 0 Å². The van der Waals surface area contributed by atoms with E-state index in [1.165, 1.54) is 44.2 Å². The maximum Gasteiger partial charge on any atom is 0.0359 e. The van der Waals surface area contributed by atoms with Crippen LogP contribution < -0.4 is 5.32 Å². The van der Waals surface area contributed by atoms with Crippen LogP contribution in [-0.2, 0) is 6.54 Å². The monoisotopic (exact) mass is 220 g/mol. The van der Waals surface area contributed by atoms with Gasteiger partial charge in [0.2, 0.25) is 0 Å². The molecule has 1 N–H and O–H groups in total. The fourth-order valence-electron chi connectivity index (χ4n) is 2.69. The van der Waals surface area contributed by atoms with Gasteiger partial charge >= 0.3 is 0 Å². The quantitative estimate of drug-likeness (QED) is 0.752. The van der Waals surface area contributed by atoms with Crippen LogP contribution in [0.25, 0.3) is 0 Å². The summed E-state index contributed by atoms with van der Waals surface area (Å²) in [5.41, 5.74) is 1.46. The SMILES string of the molecule is CCCNCc1cccn1C1CCCCC1. The number of nitrogens with zero attached hydrogens (tertiary/aromatic N) is 1. The Hall–Kier alpha value is -0.760. The highest BCUT2D eigenvalue weighted by atomic mass is 15.0. The third kappa shape index (κ3) is 2.88. The van der Waals surface area contributed by atoms with Gasteiger partial charge in [-0.1, -0.05) is 26.2 Å². The van der Waals surface area contributed by atoms with Crippen LogP contribution in [0.1, 0.15) is 57.2 Å². The summed E-state index contributed by atoms with van der Waals surface area (Å²) < 4.78 is 2.50. The van der Waals surface area contributed by atoms with Crippen molar-refractivity contribution in [2.45, 2.75) is 58.0 Å². The van der Waals surface area contributed by atoms with Gasteiger partial charge in [-0.2, -0.15) is 0 Å². The largest absolute Gasteiger partial charge is 0.347 e. The molecule has 0 saturated heterocycles. The van der Waals surface area contributed by atoms with Crippen LogP contribution >= 0.6 is 0 Å². The van der Waals surface area contributed by atoms with Gasteiger partial charge in [0.25, 0.3) is 0 Å². The van der Waals surface area contributed by atoms with Crippen LogP contribution in [0.2, 0.25) is 0 Å². The standard InChI is InChI=1S/C14H24N2/c1-2-10-15-12-14-9-6-11-16(14)13-7-4-3-5-8-13/h6,9,11,13,15H,2-5,7-8,10,12H2,1H3. The first-order valence-corrected chi connectivity index (χ1v) is 6.78. The van der Waals surface area contributed by atoms with Crippen LogP contribution in [0.4, 0.5) is 0 Å². The minimum Gasteiger partial charge on any atom is -0.347 e. The highest BCUT2D eigenvalue weighted by Crippen LogP contribution is 2.29. The Kier molecular flexibility index (Phi) is 4.46. The summed E-state index contributed by atoms with van der Waals surface area (Å²) in [5, 5.41) is 3.50. The van der Waals surface area contributed by atoms with E-state index in [0.717, 1.165) is 19.1 Å². The van der Waals surface area contributed by atoms with E-state index in [1.54, 1.807) is 0 Å². The lowest BCUT2D eigenvalue weighted by Crippen LogP contribution is -2.20. The zero-order chi connectivity index (χ0) is 11.2.